The van der Waals surface area contributed by atoms with Crippen molar-refractivity contribution in [1.29, 1.82) is 0 Å². The summed E-state index contributed by atoms with van der Waals surface area (Å²) in [5, 5.41) is 9.75. The summed E-state index contributed by atoms with van der Waals surface area (Å²) in [4.78, 5) is 0. The summed E-state index contributed by atoms with van der Waals surface area (Å²) in [6.45, 7) is 7.51. The van der Waals surface area contributed by atoms with Gasteiger partial charge in [0.1, 0.15) is 5.75 Å². The molecule has 0 fully saturated rings. The van der Waals surface area contributed by atoms with E-state index < -0.39 is 0 Å². The van der Waals surface area contributed by atoms with Gasteiger partial charge in [-0.15, -0.1) is 0 Å². The Labute approximate surface area is 91.9 Å². The molecule has 15 heavy (non-hydrogen) atoms. The molecule has 0 aliphatic rings. The number of phenolic OH excluding ortho intramolecular Hbond substituents is 1. The van der Waals surface area contributed by atoms with Gasteiger partial charge >= 0.3 is 0 Å². The van der Waals surface area contributed by atoms with Crippen LogP contribution in [0.5, 0.6) is 5.75 Å². The van der Waals surface area contributed by atoms with Crippen molar-refractivity contribution in [2.75, 3.05) is 6.61 Å². The highest BCUT2D eigenvalue weighted by Gasteiger charge is 2.05. The molecular weight excluding hydrogens is 188 g/mol. The molecule has 2 heteroatoms. The second-order valence-electron chi connectivity index (χ2n) is 3.83. The molecule has 0 bridgehead atoms. The topological polar surface area (TPSA) is 29.5 Å². The van der Waals surface area contributed by atoms with Gasteiger partial charge in [0.25, 0.3) is 0 Å². The first-order valence-electron chi connectivity index (χ1n) is 5.58. The largest absolute Gasteiger partial charge is 0.507 e. The number of benzene rings is 1. The molecule has 1 aromatic rings. The molecular formula is C13H20O2. The number of rotatable bonds is 5. The lowest BCUT2D eigenvalue weighted by Crippen LogP contribution is -1.96. The van der Waals surface area contributed by atoms with E-state index in [0.717, 1.165) is 36.1 Å². The van der Waals surface area contributed by atoms with Crippen molar-refractivity contribution in [3.05, 3.63) is 28.8 Å². The zero-order valence-corrected chi connectivity index (χ0v) is 9.84. The Morgan fingerprint density at radius 3 is 2.60 bits per heavy atom. The maximum absolute atomic E-state index is 9.75. The van der Waals surface area contributed by atoms with E-state index in [1.165, 1.54) is 0 Å². The monoisotopic (exact) mass is 208 g/mol. The molecule has 0 spiro atoms. The van der Waals surface area contributed by atoms with Crippen molar-refractivity contribution in [2.24, 2.45) is 0 Å². The summed E-state index contributed by atoms with van der Waals surface area (Å²) >= 11 is 0. The summed E-state index contributed by atoms with van der Waals surface area (Å²) in [7, 11) is 0. The maximum Gasteiger partial charge on any atom is 0.121 e. The summed E-state index contributed by atoms with van der Waals surface area (Å²) in [5.74, 6) is 0.428. The van der Waals surface area contributed by atoms with Crippen molar-refractivity contribution in [3.63, 3.8) is 0 Å². The van der Waals surface area contributed by atoms with Crippen LogP contribution in [0.4, 0.5) is 0 Å². The average Bonchev–Trinajstić information content (AvgIpc) is 2.23. The Hall–Kier alpha value is -1.02. The number of aromatic hydroxyl groups is 1. The zero-order chi connectivity index (χ0) is 11.3. The summed E-state index contributed by atoms with van der Waals surface area (Å²) in [6.07, 6.45) is 1.89. The van der Waals surface area contributed by atoms with Crippen molar-refractivity contribution < 1.29 is 9.84 Å². The smallest absolute Gasteiger partial charge is 0.121 e. The van der Waals surface area contributed by atoms with E-state index in [9.17, 15) is 5.11 Å². The van der Waals surface area contributed by atoms with Crippen molar-refractivity contribution in [2.45, 2.75) is 40.2 Å². The first-order chi connectivity index (χ1) is 7.19. The van der Waals surface area contributed by atoms with Crippen LogP contribution < -0.4 is 0 Å². The van der Waals surface area contributed by atoms with Crippen LogP contribution in [-0.4, -0.2) is 11.7 Å². The van der Waals surface area contributed by atoms with Crippen LogP contribution in [0.15, 0.2) is 12.1 Å². The normalized spacial score (nSPS) is 10.6. The highest BCUT2D eigenvalue weighted by molar-refractivity contribution is 5.42. The quantitative estimate of drug-likeness (QED) is 0.753. The molecule has 0 aliphatic heterocycles. The Balaban J connectivity index is 2.77. The van der Waals surface area contributed by atoms with Crippen LogP contribution in [0.2, 0.25) is 0 Å². The molecule has 0 aliphatic carbocycles. The van der Waals surface area contributed by atoms with E-state index in [0.29, 0.717) is 12.4 Å². The van der Waals surface area contributed by atoms with E-state index in [-0.39, 0.29) is 0 Å². The second kappa shape index (κ2) is 5.76. The fraction of sp³-hybridized carbons (Fsp3) is 0.538. The zero-order valence-electron chi connectivity index (χ0n) is 9.84. The number of ether oxygens (including phenoxy) is 1. The number of aryl methyl sites for hydroxylation is 2. The molecule has 1 N–H and O–H groups in total. The van der Waals surface area contributed by atoms with Gasteiger partial charge in [-0.05, 0) is 42.5 Å². The maximum atomic E-state index is 9.75. The Kier molecular flexibility index (Phi) is 4.63. The summed E-state index contributed by atoms with van der Waals surface area (Å²) in [5.41, 5.74) is 3.09. The lowest BCUT2D eigenvalue weighted by molar-refractivity contribution is 0.121. The fourth-order valence-electron chi connectivity index (χ4n) is 1.62. The van der Waals surface area contributed by atoms with Gasteiger partial charge < -0.3 is 9.84 Å². The van der Waals surface area contributed by atoms with Crippen LogP contribution in [0.1, 0.15) is 37.0 Å². The Bertz CT molecular complexity index is 319. The van der Waals surface area contributed by atoms with Crippen molar-refractivity contribution in [1.82, 2.24) is 0 Å². The molecule has 0 heterocycles. The van der Waals surface area contributed by atoms with E-state index in [2.05, 4.69) is 6.92 Å². The number of phenols is 1. The molecule has 0 amide bonds. The third-order valence-electron chi connectivity index (χ3n) is 2.44. The standard InChI is InChI=1S/C13H20O2/c1-4-6-15-9-11-7-10(3)13(14)12(5-2)8-11/h7-8,14H,4-6,9H2,1-3H3. The summed E-state index contributed by atoms with van der Waals surface area (Å²) in [6, 6.07) is 4.02. The lowest BCUT2D eigenvalue weighted by atomic mass is 10.0. The Morgan fingerprint density at radius 2 is 2.00 bits per heavy atom. The summed E-state index contributed by atoms with van der Waals surface area (Å²) < 4.78 is 5.48. The molecule has 84 valence electrons. The van der Waals surface area contributed by atoms with Crippen LogP contribution in [-0.2, 0) is 17.8 Å². The van der Waals surface area contributed by atoms with Crippen molar-refractivity contribution in [3.8, 4) is 5.75 Å². The van der Waals surface area contributed by atoms with Gasteiger partial charge in [0, 0.05) is 6.61 Å². The number of hydrogen-bond acceptors (Lipinski definition) is 2. The molecule has 0 aromatic heterocycles. The van der Waals surface area contributed by atoms with Gasteiger partial charge in [-0.2, -0.15) is 0 Å². The van der Waals surface area contributed by atoms with Gasteiger partial charge in [-0.25, -0.2) is 0 Å². The van der Waals surface area contributed by atoms with Gasteiger partial charge in [-0.3, -0.25) is 0 Å². The average molecular weight is 208 g/mol. The number of hydrogen-bond donors (Lipinski definition) is 1. The van der Waals surface area contributed by atoms with E-state index in [1.807, 2.05) is 26.0 Å². The van der Waals surface area contributed by atoms with E-state index in [1.54, 1.807) is 0 Å². The predicted octanol–water partition coefficient (Wildman–Crippen LogP) is 3.19. The molecule has 0 saturated heterocycles. The van der Waals surface area contributed by atoms with E-state index >= 15 is 0 Å². The molecule has 0 radical (unpaired) electrons. The van der Waals surface area contributed by atoms with Crippen LogP contribution in [0.3, 0.4) is 0 Å². The third kappa shape index (κ3) is 3.24. The minimum Gasteiger partial charge on any atom is -0.507 e. The van der Waals surface area contributed by atoms with Gasteiger partial charge in [0.05, 0.1) is 6.61 Å². The molecule has 1 rings (SSSR count). The first-order valence-corrected chi connectivity index (χ1v) is 5.58. The highest BCUT2D eigenvalue weighted by Crippen LogP contribution is 2.24. The minimum atomic E-state index is 0.428. The first kappa shape index (κ1) is 12.1. The van der Waals surface area contributed by atoms with Gasteiger partial charge in [0.15, 0.2) is 0 Å². The molecule has 0 saturated carbocycles. The molecule has 0 atom stereocenters. The van der Waals surface area contributed by atoms with Crippen LogP contribution >= 0.6 is 0 Å². The van der Waals surface area contributed by atoms with Gasteiger partial charge in [-0.1, -0.05) is 19.9 Å². The third-order valence-corrected chi connectivity index (χ3v) is 2.44. The fourth-order valence-corrected chi connectivity index (χ4v) is 1.62. The SMILES string of the molecule is CCCOCc1cc(C)c(O)c(CC)c1. The highest BCUT2D eigenvalue weighted by atomic mass is 16.5. The van der Waals surface area contributed by atoms with Gasteiger partial charge in [0.2, 0.25) is 0 Å². The molecule has 2 nitrogen and oxygen atoms in total. The predicted molar refractivity (Wildman–Crippen MR) is 62.2 cm³/mol. The second-order valence-corrected chi connectivity index (χ2v) is 3.83. The van der Waals surface area contributed by atoms with Crippen LogP contribution in [0.25, 0.3) is 0 Å². The Morgan fingerprint density at radius 1 is 1.27 bits per heavy atom. The lowest BCUT2D eigenvalue weighted by Gasteiger charge is -2.09. The van der Waals surface area contributed by atoms with Crippen LogP contribution in [0, 0.1) is 6.92 Å². The molecule has 1 aromatic carbocycles. The molecule has 0 unspecified atom stereocenters. The van der Waals surface area contributed by atoms with Crippen molar-refractivity contribution >= 4 is 0 Å². The minimum absolute atomic E-state index is 0.428. The van der Waals surface area contributed by atoms with E-state index in [4.69, 9.17) is 4.74 Å².